The molecule has 1 aliphatic heterocycles. The summed E-state index contributed by atoms with van der Waals surface area (Å²) >= 11 is 0. The van der Waals surface area contributed by atoms with Crippen molar-refractivity contribution in [2.75, 3.05) is 19.4 Å². The third-order valence-corrected chi connectivity index (χ3v) is 6.71. The van der Waals surface area contributed by atoms with Gasteiger partial charge < -0.3 is 14.4 Å². The van der Waals surface area contributed by atoms with Crippen molar-refractivity contribution in [1.29, 1.82) is 0 Å². The Morgan fingerprint density at radius 2 is 1.76 bits per heavy atom. The number of alkyl halides is 6. The van der Waals surface area contributed by atoms with Gasteiger partial charge >= 0.3 is 18.3 Å². The molecule has 3 rings (SSSR count). The summed E-state index contributed by atoms with van der Waals surface area (Å²) in [6.45, 7) is 1.36. The van der Waals surface area contributed by atoms with E-state index < -0.39 is 62.7 Å². The molecular formula is C23H22F6N2O6S. The number of hydrogen-bond acceptors (Lipinski definition) is 7. The summed E-state index contributed by atoms with van der Waals surface area (Å²) in [5.41, 5.74) is -2.72. The second-order valence-corrected chi connectivity index (χ2v) is 10.4. The van der Waals surface area contributed by atoms with Gasteiger partial charge in [-0.3, -0.25) is 4.79 Å². The third kappa shape index (κ3) is 6.37. The van der Waals surface area contributed by atoms with Crippen LogP contribution in [0.5, 0.6) is 5.75 Å². The molecule has 38 heavy (non-hydrogen) atoms. The second-order valence-electron chi connectivity index (χ2n) is 8.42. The molecule has 0 fully saturated rings. The molecule has 0 saturated heterocycles. The van der Waals surface area contributed by atoms with Crippen LogP contribution in [0, 0.1) is 0 Å². The summed E-state index contributed by atoms with van der Waals surface area (Å²) in [5.74, 6) is -2.73. The van der Waals surface area contributed by atoms with E-state index in [4.69, 9.17) is 9.47 Å². The van der Waals surface area contributed by atoms with Gasteiger partial charge in [-0.1, -0.05) is 0 Å². The second kappa shape index (κ2) is 10.4. The van der Waals surface area contributed by atoms with E-state index in [2.05, 4.69) is 4.98 Å². The van der Waals surface area contributed by atoms with E-state index in [1.165, 1.54) is 6.92 Å². The smallest absolute Gasteiger partial charge is 0.434 e. The molecule has 0 saturated carbocycles. The van der Waals surface area contributed by atoms with Crippen molar-refractivity contribution in [2.45, 2.75) is 50.2 Å². The summed E-state index contributed by atoms with van der Waals surface area (Å²) in [6, 6.07) is 3.71. The van der Waals surface area contributed by atoms with E-state index >= 15 is 0 Å². The van der Waals surface area contributed by atoms with Crippen LogP contribution in [0.3, 0.4) is 0 Å². The van der Waals surface area contributed by atoms with Gasteiger partial charge in [-0.25, -0.2) is 18.2 Å². The minimum atomic E-state index is -4.96. The standard InChI is InChI=1S/C23H22F6N2O6S/c1-4-36-21(33)16-9-13-11-31(8-7-17(13)30-19(16)23(27,28)29)20(32)15-10-14(38(3,34)35)5-6-18(15)37-12(2)22(24,25)26/h5-6,9-10,12H,4,7-8,11H2,1-3H3/t12-/m0/s1. The van der Waals surface area contributed by atoms with Crippen LogP contribution in [0.15, 0.2) is 29.2 Å². The number of fused-ring (bicyclic) bond motifs is 1. The Balaban J connectivity index is 2.03. The SMILES string of the molecule is CCOC(=O)c1cc2c(nc1C(F)(F)F)CCN(C(=O)c1cc(S(C)(=O)=O)ccc1O[C@@H](C)C(F)(F)F)C2. The van der Waals surface area contributed by atoms with Crippen LogP contribution in [0.2, 0.25) is 0 Å². The van der Waals surface area contributed by atoms with Crippen LogP contribution >= 0.6 is 0 Å². The average Bonchev–Trinajstić information content (AvgIpc) is 2.80. The zero-order valence-corrected chi connectivity index (χ0v) is 21.1. The van der Waals surface area contributed by atoms with Crippen LogP contribution in [0.25, 0.3) is 0 Å². The first-order valence-electron chi connectivity index (χ1n) is 11.1. The van der Waals surface area contributed by atoms with E-state index in [0.717, 1.165) is 35.4 Å². The number of carbonyl (C=O) groups is 2. The molecule has 1 aromatic heterocycles. The summed E-state index contributed by atoms with van der Waals surface area (Å²) in [4.78, 5) is 29.9. The van der Waals surface area contributed by atoms with Crippen LogP contribution in [0.4, 0.5) is 26.3 Å². The molecule has 0 bridgehead atoms. The molecule has 1 aromatic carbocycles. The van der Waals surface area contributed by atoms with Gasteiger partial charge in [-0.15, -0.1) is 0 Å². The predicted molar refractivity (Wildman–Crippen MR) is 119 cm³/mol. The summed E-state index contributed by atoms with van der Waals surface area (Å²) in [5, 5.41) is 0. The number of carbonyl (C=O) groups excluding carboxylic acids is 2. The Kier molecular flexibility index (Phi) is 8.01. The highest BCUT2D eigenvalue weighted by atomic mass is 32.2. The van der Waals surface area contributed by atoms with E-state index in [1.54, 1.807) is 0 Å². The summed E-state index contributed by atoms with van der Waals surface area (Å²) in [7, 11) is -3.87. The van der Waals surface area contributed by atoms with Gasteiger partial charge in [-0.2, -0.15) is 26.3 Å². The molecule has 0 aliphatic carbocycles. The first-order chi connectivity index (χ1) is 17.4. The van der Waals surface area contributed by atoms with Crippen molar-refractivity contribution in [3.8, 4) is 5.75 Å². The van der Waals surface area contributed by atoms with E-state index in [9.17, 15) is 44.3 Å². The number of halogens is 6. The number of aromatic nitrogens is 1. The molecule has 0 N–H and O–H groups in total. The van der Waals surface area contributed by atoms with Crippen LogP contribution in [-0.2, 0) is 33.7 Å². The van der Waals surface area contributed by atoms with Crippen LogP contribution in [0.1, 0.15) is 51.5 Å². The number of sulfone groups is 1. The van der Waals surface area contributed by atoms with Crippen LogP contribution in [-0.4, -0.2) is 61.9 Å². The zero-order chi connectivity index (χ0) is 28.6. The maximum Gasteiger partial charge on any atom is 0.434 e. The average molecular weight is 568 g/mol. The molecule has 1 atom stereocenters. The highest BCUT2D eigenvalue weighted by molar-refractivity contribution is 7.90. The van der Waals surface area contributed by atoms with Crippen molar-refractivity contribution < 1.29 is 53.8 Å². The fraction of sp³-hybridized carbons (Fsp3) is 0.435. The molecule has 0 radical (unpaired) electrons. The Labute approximate surface area is 213 Å². The highest BCUT2D eigenvalue weighted by Gasteiger charge is 2.41. The minimum Gasteiger partial charge on any atom is -0.480 e. The number of hydrogen-bond donors (Lipinski definition) is 0. The van der Waals surface area contributed by atoms with Gasteiger partial charge in [0.1, 0.15) is 5.75 Å². The number of pyridine rings is 1. The Hall–Kier alpha value is -3.36. The molecular weight excluding hydrogens is 546 g/mol. The van der Waals surface area contributed by atoms with Crippen molar-refractivity contribution in [3.63, 3.8) is 0 Å². The van der Waals surface area contributed by atoms with E-state index in [0.29, 0.717) is 6.92 Å². The number of benzene rings is 1. The maximum atomic E-state index is 13.5. The molecule has 15 heteroatoms. The number of esters is 1. The Morgan fingerprint density at radius 3 is 2.32 bits per heavy atom. The first-order valence-corrected chi connectivity index (χ1v) is 13.0. The quantitative estimate of drug-likeness (QED) is 0.380. The highest BCUT2D eigenvalue weighted by Crippen LogP contribution is 2.35. The summed E-state index contributed by atoms with van der Waals surface area (Å²) in [6.07, 6.45) is -11.4. The fourth-order valence-corrected chi connectivity index (χ4v) is 4.31. The van der Waals surface area contributed by atoms with E-state index in [-0.39, 0.29) is 42.3 Å². The lowest BCUT2D eigenvalue weighted by molar-refractivity contribution is -0.189. The van der Waals surface area contributed by atoms with Crippen molar-refractivity contribution in [1.82, 2.24) is 9.88 Å². The lowest BCUT2D eigenvalue weighted by Gasteiger charge is -2.30. The maximum absolute atomic E-state index is 13.5. The lowest BCUT2D eigenvalue weighted by Crippen LogP contribution is -2.38. The van der Waals surface area contributed by atoms with Gasteiger partial charge in [0.25, 0.3) is 5.91 Å². The van der Waals surface area contributed by atoms with Gasteiger partial charge in [0.2, 0.25) is 0 Å². The van der Waals surface area contributed by atoms with Crippen LogP contribution < -0.4 is 4.74 Å². The number of nitrogens with zero attached hydrogens (tertiary/aromatic N) is 2. The van der Waals surface area contributed by atoms with Gasteiger partial charge in [0.05, 0.1) is 22.6 Å². The largest absolute Gasteiger partial charge is 0.480 e. The number of rotatable bonds is 6. The number of ether oxygens (including phenoxy) is 2. The lowest BCUT2D eigenvalue weighted by atomic mass is 10.00. The minimum absolute atomic E-state index is 0.0264. The fourth-order valence-electron chi connectivity index (χ4n) is 3.66. The van der Waals surface area contributed by atoms with Crippen molar-refractivity contribution in [2.24, 2.45) is 0 Å². The molecule has 0 spiro atoms. The first kappa shape index (κ1) is 29.2. The Morgan fingerprint density at radius 1 is 1.11 bits per heavy atom. The van der Waals surface area contributed by atoms with Gasteiger partial charge in [0, 0.05) is 31.5 Å². The predicted octanol–water partition coefficient (Wildman–Crippen LogP) is 4.21. The third-order valence-electron chi connectivity index (χ3n) is 5.60. The van der Waals surface area contributed by atoms with Crippen molar-refractivity contribution in [3.05, 3.63) is 52.3 Å². The Bertz CT molecular complexity index is 1360. The zero-order valence-electron chi connectivity index (χ0n) is 20.2. The van der Waals surface area contributed by atoms with E-state index in [1.807, 2.05) is 0 Å². The topological polar surface area (TPSA) is 103 Å². The van der Waals surface area contributed by atoms with Gasteiger partial charge in [-0.05, 0) is 43.7 Å². The molecule has 8 nitrogen and oxygen atoms in total. The van der Waals surface area contributed by atoms with Crippen molar-refractivity contribution >= 4 is 21.7 Å². The molecule has 0 unspecified atom stereocenters. The monoisotopic (exact) mass is 568 g/mol. The normalized spacial score (nSPS) is 15.0. The molecule has 1 amide bonds. The summed E-state index contributed by atoms with van der Waals surface area (Å²) < 4.78 is 114. The number of amides is 1. The molecule has 1 aliphatic rings. The molecule has 2 aromatic rings. The molecule has 2 heterocycles. The molecule has 208 valence electrons. The van der Waals surface area contributed by atoms with Gasteiger partial charge in [0.15, 0.2) is 21.6 Å².